The molecule has 3 nitrogen and oxygen atoms in total. The Labute approximate surface area is 73.9 Å². The van der Waals surface area contributed by atoms with E-state index in [1.54, 1.807) is 0 Å². The molecule has 2 N–H and O–H groups in total. The third-order valence-corrected chi connectivity index (χ3v) is 2.14. The average Bonchev–Trinajstić information content (AvgIpc) is 2.50. The second-order valence-electron chi connectivity index (χ2n) is 3.22. The summed E-state index contributed by atoms with van der Waals surface area (Å²) in [4.78, 5) is 4.23. The van der Waals surface area contributed by atoms with Gasteiger partial charge in [-0.2, -0.15) is 0 Å². The maximum absolute atomic E-state index is 8.56. The van der Waals surface area contributed by atoms with E-state index < -0.39 is 0 Å². The predicted molar refractivity (Wildman–Crippen MR) is 50.5 cm³/mol. The Morgan fingerprint density at radius 1 is 1.67 bits per heavy atom. The highest BCUT2D eigenvalue weighted by Gasteiger charge is 2.17. The van der Waals surface area contributed by atoms with Gasteiger partial charge in [0, 0.05) is 12.5 Å². The van der Waals surface area contributed by atoms with E-state index in [9.17, 15) is 0 Å². The zero-order valence-electron chi connectivity index (χ0n) is 7.71. The molecule has 0 saturated carbocycles. The van der Waals surface area contributed by atoms with Crippen LogP contribution in [0.3, 0.4) is 0 Å². The van der Waals surface area contributed by atoms with Crippen LogP contribution < -0.4 is 5.32 Å². The van der Waals surface area contributed by atoms with E-state index in [0.717, 1.165) is 12.3 Å². The molecule has 0 spiro atoms. The van der Waals surface area contributed by atoms with Crippen LogP contribution in [0.5, 0.6) is 0 Å². The number of aliphatic hydroxyl groups is 1. The van der Waals surface area contributed by atoms with Crippen molar-refractivity contribution in [3.63, 3.8) is 0 Å². The topological polar surface area (TPSA) is 44.6 Å². The molecule has 0 amide bonds. The normalized spacial score (nSPS) is 26.2. The Morgan fingerprint density at radius 2 is 2.50 bits per heavy atom. The van der Waals surface area contributed by atoms with E-state index in [1.165, 1.54) is 19.3 Å². The van der Waals surface area contributed by atoms with Gasteiger partial charge < -0.3 is 10.4 Å². The third kappa shape index (κ3) is 2.81. The van der Waals surface area contributed by atoms with Crippen molar-refractivity contribution in [1.29, 1.82) is 0 Å². The van der Waals surface area contributed by atoms with Crippen LogP contribution in [0.15, 0.2) is 4.99 Å². The highest BCUT2D eigenvalue weighted by molar-refractivity contribution is 5.84. The monoisotopic (exact) mass is 170 g/mol. The standard InChI is InChI=1S/C9H18N2O/c1-2-3-8-4-5-9(11-8)10-6-7-12/h8,12H,2-7H2,1H3,(H,10,11). The molecule has 0 bridgehead atoms. The SMILES string of the molecule is CCCC1CCC(=NCCO)N1. The third-order valence-electron chi connectivity index (χ3n) is 2.14. The first kappa shape index (κ1) is 9.52. The van der Waals surface area contributed by atoms with Crippen molar-refractivity contribution >= 4 is 5.84 Å². The van der Waals surface area contributed by atoms with Crippen LogP contribution >= 0.6 is 0 Å². The summed E-state index contributed by atoms with van der Waals surface area (Å²) in [5, 5.41) is 11.9. The number of aliphatic hydroxyl groups excluding tert-OH is 1. The lowest BCUT2D eigenvalue weighted by atomic mass is 10.1. The van der Waals surface area contributed by atoms with Crippen molar-refractivity contribution in [3.8, 4) is 0 Å². The lowest BCUT2D eigenvalue weighted by Crippen LogP contribution is -2.25. The largest absolute Gasteiger partial charge is 0.394 e. The summed E-state index contributed by atoms with van der Waals surface area (Å²) in [6.45, 7) is 2.90. The molecular weight excluding hydrogens is 152 g/mol. The number of hydrogen-bond donors (Lipinski definition) is 2. The number of aliphatic imine (C=N–C) groups is 1. The van der Waals surface area contributed by atoms with Gasteiger partial charge in [0.2, 0.25) is 0 Å². The van der Waals surface area contributed by atoms with Gasteiger partial charge in [0.05, 0.1) is 19.0 Å². The quantitative estimate of drug-likeness (QED) is 0.659. The van der Waals surface area contributed by atoms with Crippen molar-refractivity contribution in [2.24, 2.45) is 4.99 Å². The van der Waals surface area contributed by atoms with Gasteiger partial charge >= 0.3 is 0 Å². The highest BCUT2D eigenvalue weighted by Crippen LogP contribution is 2.12. The fourth-order valence-corrected chi connectivity index (χ4v) is 1.57. The summed E-state index contributed by atoms with van der Waals surface area (Å²) < 4.78 is 0. The van der Waals surface area contributed by atoms with E-state index in [0.29, 0.717) is 12.6 Å². The molecule has 1 atom stereocenters. The van der Waals surface area contributed by atoms with Crippen LogP contribution in [0, 0.1) is 0 Å². The summed E-state index contributed by atoms with van der Waals surface area (Å²) in [6.07, 6.45) is 4.73. The van der Waals surface area contributed by atoms with Crippen molar-refractivity contribution in [2.45, 2.75) is 38.6 Å². The van der Waals surface area contributed by atoms with Crippen LogP contribution in [0.4, 0.5) is 0 Å². The number of amidine groups is 1. The molecule has 0 aliphatic carbocycles. The van der Waals surface area contributed by atoms with Gasteiger partial charge in [0.25, 0.3) is 0 Å². The van der Waals surface area contributed by atoms with E-state index in [2.05, 4.69) is 17.2 Å². The maximum atomic E-state index is 8.56. The summed E-state index contributed by atoms with van der Waals surface area (Å²) in [5.74, 6) is 1.09. The molecule has 0 aromatic heterocycles. The van der Waals surface area contributed by atoms with Crippen LogP contribution in [0.2, 0.25) is 0 Å². The molecule has 12 heavy (non-hydrogen) atoms. The zero-order valence-corrected chi connectivity index (χ0v) is 7.71. The van der Waals surface area contributed by atoms with Crippen molar-refractivity contribution in [3.05, 3.63) is 0 Å². The smallest absolute Gasteiger partial charge is 0.0967 e. The van der Waals surface area contributed by atoms with Crippen LogP contribution in [-0.2, 0) is 0 Å². The molecule has 3 heteroatoms. The van der Waals surface area contributed by atoms with E-state index in [1.807, 2.05) is 0 Å². The Kier molecular flexibility index (Phi) is 4.08. The van der Waals surface area contributed by atoms with Gasteiger partial charge in [-0.25, -0.2) is 0 Å². The number of nitrogens with zero attached hydrogens (tertiary/aromatic N) is 1. The summed E-state index contributed by atoms with van der Waals surface area (Å²) in [6, 6.07) is 0.632. The molecule has 1 saturated heterocycles. The summed E-state index contributed by atoms with van der Waals surface area (Å²) in [5.41, 5.74) is 0. The molecule has 1 aliphatic heterocycles. The minimum Gasteiger partial charge on any atom is -0.394 e. The maximum Gasteiger partial charge on any atom is 0.0967 e. The minimum absolute atomic E-state index is 0.156. The molecule has 0 radical (unpaired) electrons. The van der Waals surface area contributed by atoms with Crippen molar-refractivity contribution in [2.75, 3.05) is 13.2 Å². The minimum atomic E-state index is 0.156. The average molecular weight is 170 g/mol. The van der Waals surface area contributed by atoms with Crippen LogP contribution in [0.25, 0.3) is 0 Å². The summed E-state index contributed by atoms with van der Waals surface area (Å²) >= 11 is 0. The number of rotatable bonds is 4. The van der Waals surface area contributed by atoms with Gasteiger partial charge in [0.15, 0.2) is 0 Å². The Hall–Kier alpha value is -0.570. The molecule has 1 unspecified atom stereocenters. The molecule has 70 valence electrons. The first-order valence-electron chi connectivity index (χ1n) is 4.77. The van der Waals surface area contributed by atoms with E-state index in [4.69, 9.17) is 5.11 Å². The molecule has 1 rings (SSSR count). The highest BCUT2D eigenvalue weighted by atomic mass is 16.3. The number of hydrogen-bond acceptors (Lipinski definition) is 2. The molecular formula is C9H18N2O. The second kappa shape index (κ2) is 5.14. The molecule has 0 aromatic carbocycles. The fraction of sp³-hybridized carbons (Fsp3) is 0.889. The molecule has 0 aromatic rings. The first-order valence-corrected chi connectivity index (χ1v) is 4.77. The van der Waals surface area contributed by atoms with Crippen molar-refractivity contribution in [1.82, 2.24) is 5.32 Å². The fourth-order valence-electron chi connectivity index (χ4n) is 1.57. The predicted octanol–water partition coefficient (Wildman–Crippen LogP) is 0.929. The molecule has 1 aliphatic rings. The Bertz CT molecular complexity index is 157. The van der Waals surface area contributed by atoms with E-state index in [-0.39, 0.29) is 6.61 Å². The van der Waals surface area contributed by atoms with E-state index >= 15 is 0 Å². The molecule has 1 heterocycles. The van der Waals surface area contributed by atoms with Crippen LogP contribution in [-0.4, -0.2) is 30.1 Å². The van der Waals surface area contributed by atoms with Crippen LogP contribution in [0.1, 0.15) is 32.6 Å². The zero-order chi connectivity index (χ0) is 8.81. The first-order chi connectivity index (χ1) is 5.86. The van der Waals surface area contributed by atoms with Gasteiger partial charge in [-0.05, 0) is 12.8 Å². The van der Waals surface area contributed by atoms with Gasteiger partial charge in [-0.3, -0.25) is 4.99 Å². The molecule has 1 fully saturated rings. The Balaban J connectivity index is 2.25. The lowest BCUT2D eigenvalue weighted by molar-refractivity contribution is 0.306. The Morgan fingerprint density at radius 3 is 3.17 bits per heavy atom. The lowest BCUT2D eigenvalue weighted by Gasteiger charge is -2.07. The van der Waals surface area contributed by atoms with Crippen molar-refractivity contribution < 1.29 is 5.11 Å². The van der Waals surface area contributed by atoms with Gasteiger partial charge in [-0.1, -0.05) is 13.3 Å². The number of nitrogens with one attached hydrogen (secondary N) is 1. The second-order valence-corrected chi connectivity index (χ2v) is 3.22. The van der Waals surface area contributed by atoms with Gasteiger partial charge in [-0.15, -0.1) is 0 Å². The summed E-state index contributed by atoms with van der Waals surface area (Å²) in [7, 11) is 0. The van der Waals surface area contributed by atoms with Gasteiger partial charge in [0.1, 0.15) is 0 Å².